The lowest BCUT2D eigenvalue weighted by molar-refractivity contribution is 0.0919. The molecule has 0 unspecified atom stereocenters. The minimum absolute atomic E-state index is 0.105. The van der Waals surface area contributed by atoms with E-state index in [1.165, 1.54) is 4.57 Å². The maximum Gasteiger partial charge on any atom is 0.263 e. The zero-order valence-electron chi connectivity index (χ0n) is 13.4. The largest absolute Gasteiger partial charge is 0.349 e. The van der Waals surface area contributed by atoms with Gasteiger partial charge in [0.2, 0.25) is 0 Å². The number of carbonyl (C=O) groups excluding carboxylic acids is 1. The lowest BCUT2D eigenvalue weighted by Crippen LogP contribution is -2.41. The molecule has 0 aromatic carbocycles. The molecule has 0 spiro atoms. The molecule has 0 radical (unpaired) electrons. The maximum atomic E-state index is 12.4. The Morgan fingerprint density at radius 1 is 1.26 bits per heavy atom. The summed E-state index contributed by atoms with van der Waals surface area (Å²) in [5.41, 5.74) is 0.787. The zero-order chi connectivity index (χ0) is 16.4. The molecule has 1 N–H and O–H groups in total. The Bertz CT molecular complexity index is 742. The van der Waals surface area contributed by atoms with Gasteiger partial charge in [-0.25, -0.2) is 9.67 Å². The Morgan fingerprint density at radius 2 is 2.00 bits per heavy atom. The van der Waals surface area contributed by atoms with Gasteiger partial charge in [0.05, 0.1) is 6.04 Å². The number of carbonyl (C=O) groups is 1. The highest BCUT2D eigenvalue weighted by Gasteiger charge is 2.25. The van der Waals surface area contributed by atoms with Gasteiger partial charge in [0.1, 0.15) is 18.2 Å². The second kappa shape index (κ2) is 6.36. The van der Waals surface area contributed by atoms with Crippen LogP contribution in [0.15, 0.2) is 29.6 Å². The highest BCUT2D eigenvalue weighted by Crippen LogP contribution is 2.27. The number of aryl methyl sites for hydroxylation is 1. The normalized spacial score (nSPS) is 21.1. The predicted molar refractivity (Wildman–Crippen MR) is 85.2 cm³/mol. The van der Waals surface area contributed by atoms with Crippen molar-refractivity contribution in [2.75, 3.05) is 0 Å². The average Bonchev–Trinajstić information content (AvgIpc) is 3.08. The van der Waals surface area contributed by atoms with Crippen LogP contribution in [0.4, 0.5) is 0 Å². The highest BCUT2D eigenvalue weighted by molar-refractivity contribution is 5.94. The predicted octanol–water partition coefficient (Wildman–Crippen LogP) is 1.20. The third-order valence-electron chi connectivity index (χ3n) is 4.64. The first-order valence-corrected chi connectivity index (χ1v) is 7.88. The SMILES string of the molecule is Cc1ccc(C(=O)NC2CCC(n3cncn3)CC2)c(=O)n1C. The van der Waals surface area contributed by atoms with Crippen molar-refractivity contribution >= 4 is 5.91 Å². The Kier molecular flexibility index (Phi) is 4.27. The zero-order valence-corrected chi connectivity index (χ0v) is 13.4. The molecule has 122 valence electrons. The summed E-state index contributed by atoms with van der Waals surface area (Å²) in [7, 11) is 1.68. The number of amides is 1. The molecule has 1 aliphatic carbocycles. The molecule has 1 amide bonds. The van der Waals surface area contributed by atoms with Gasteiger partial charge in [-0.3, -0.25) is 9.59 Å². The van der Waals surface area contributed by atoms with Crippen LogP contribution in [0, 0.1) is 6.92 Å². The van der Waals surface area contributed by atoms with E-state index in [4.69, 9.17) is 0 Å². The lowest BCUT2D eigenvalue weighted by atomic mass is 9.91. The Morgan fingerprint density at radius 3 is 2.65 bits per heavy atom. The minimum Gasteiger partial charge on any atom is -0.349 e. The summed E-state index contributed by atoms with van der Waals surface area (Å²) < 4.78 is 3.38. The molecule has 0 saturated heterocycles. The molecule has 23 heavy (non-hydrogen) atoms. The second-order valence-electron chi connectivity index (χ2n) is 6.11. The molecule has 2 aromatic heterocycles. The monoisotopic (exact) mass is 315 g/mol. The van der Waals surface area contributed by atoms with Gasteiger partial charge < -0.3 is 9.88 Å². The van der Waals surface area contributed by atoms with Gasteiger partial charge in [-0.15, -0.1) is 0 Å². The fraction of sp³-hybridized carbons (Fsp3) is 0.500. The van der Waals surface area contributed by atoms with Gasteiger partial charge in [-0.05, 0) is 44.7 Å². The first kappa shape index (κ1) is 15.5. The first-order chi connectivity index (χ1) is 11.1. The molecule has 3 rings (SSSR count). The smallest absolute Gasteiger partial charge is 0.263 e. The van der Waals surface area contributed by atoms with Gasteiger partial charge >= 0.3 is 0 Å². The van der Waals surface area contributed by atoms with Crippen molar-refractivity contribution in [1.82, 2.24) is 24.6 Å². The molecular formula is C16H21N5O2. The van der Waals surface area contributed by atoms with E-state index in [0.717, 1.165) is 31.4 Å². The molecule has 1 fully saturated rings. The average molecular weight is 315 g/mol. The summed E-state index contributed by atoms with van der Waals surface area (Å²) >= 11 is 0. The summed E-state index contributed by atoms with van der Waals surface area (Å²) in [6.07, 6.45) is 6.92. The number of aromatic nitrogens is 4. The number of nitrogens with zero attached hydrogens (tertiary/aromatic N) is 4. The summed E-state index contributed by atoms with van der Waals surface area (Å²) in [5.74, 6) is -0.283. The van der Waals surface area contributed by atoms with Crippen LogP contribution in [0.25, 0.3) is 0 Å². The Balaban J connectivity index is 1.62. The Labute approximate surface area is 134 Å². The number of nitrogens with one attached hydrogen (secondary N) is 1. The summed E-state index contributed by atoms with van der Waals surface area (Å²) in [6.45, 7) is 1.84. The molecule has 1 saturated carbocycles. The molecule has 1 aliphatic rings. The number of pyridine rings is 1. The minimum atomic E-state index is -0.283. The Hall–Kier alpha value is -2.44. The van der Waals surface area contributed by atoms with Crippen molar-refractivity contribution in [3.05, 3.63) is 46.4 Å². The summed E-state index contributed by atoms with van der Waals surface area (Å²) in [5, 5.41) is 7.17. The molecule has 0 atom stereocenters. The molecular weight excluding hydrogens is 294 g/mol. The molecule has 0 bridgehead atoms. The number of hydrogen-bond acceptors (Lipinski definition) is 4. The van der Waals surface area contributed by atoms with Crippen LogP contribution in [0.3, 0.4) is 0 Å². The molecule has 2 heterocycles. The van der Waals surface area contributed by atoms with E-state index in [1.54, 1.807) is 31.8 Å². The third-order valence-corrected chi connectivity index (χ3v) is 4.64. The van der Waals surface area contributed by atoms with Crippen molar-refractivity contribution in [2.24, 2.45) is 7.05 Å². The van der Waals surface area contributed by atoms with Gasteiger partial charge in [0.15, 0.2) is 0 Å². The lowest BCUT2D eigenvalue weighted by Gasteiger charge is -2.29. The van der Waals surface area contributed by atoms with E-state index < -0.39 is 0 Å². The topological polar surface area (TPSA) is 81.8 Å². The van der Waals surface area contributed by atoms with E-state index in [0.29, 0.717) is 6.04 Å². The molecule has 7 nitrogen and oxygen atoms in total. The van der Waals surface area contributed by atoms with Crippen molar-refractivity contribution < 1.29 is 4.79 Å². The third kappa shape index (κ3) is 3.18. The van der Waals surface area contributed by atoms with Gasteiger partial charge in [0.25, 0.3) is 11.5 Å². The highest BCUT2D eigenvalue weighted by atomic mass is 16.2. The van der Waals surface area contributed by atoms with E-state index in [1.807, 2.05) is 11.6 Å². The van der Waals surface area contributed by atoms with Crippen LogP contribution < -0.4 is 10.9 Å². The van der Waals surface area contributed by atoms with Crippen LogP contribution in [0.1, 0.15) is 47.8 Å². The van der Waals surface area contributed by atoms with Crippen molar-refractivity contribution in [3.8, 4) is 0 Å². The van der Waals surface area contributed by atoms with Crippen LogP contribution in [0.5, 0.6) is 0 Å². The molecule has 7 heteroatoms. The van der Waals surface area contributed by atoms with Crippen LogP contribution in [0.2, 0.25) is 0 Å². The summed E-state index contributed by atoms with van der Waals surface area (Å²) in [6, 6.07) is 3.84. The fourth-order valence-corrected chi connectivity index (χ4v) is 3.05. The van der Waals surface area contributed by atoms with Gasteiger partial charge in [-0.1, -0.05) is 0 Å². The number of hydrogen-bond donors (Lipinski definition) is 1. The van der Waals surface area contributed by atoms with Crippen molar-refractivity contribution in [1.29, 1.82) is 0 Å². The van der Waals surface area contributed by atoms with E-state index in [9.17, 15) is 9.59 Å². The molecule has 0 aliphatic heterocycles. The van der Waals surface area contributed by atoms with Crippen molar-refractivity contribution in [2.45, 2.75) is 44.7 Å². The van der Waals surface area contributed by atoms with E-state index in [2.05, 4.69) is 15.4 Å². The van der Waals surface area contributed by atoms with Crippen LogP contribution in [-0.2, 0) is 7.05 Å². The maximum absolute atomic E-state index is 12.4. The van der Waals surface area contributed by atoms with Crippen LogP contribution >= 0.6 is 0 Å². The van der Waals surface area contributed by atoms with E-state index in [-0.39, 0.29) is 23.1 Å². The fourth-order valence-electron chi connectivity index (χ4n) is 3.05. The standard InChI is InChI=1S/C16H21N5O2/c1-11-3-8-14(16(23)20(11)2)15(22)19-12-4-6-13(7-5-12)21-10-17-9-18-21/h3,8-10,12-13H,4-7H2,1-2H3,(H,19,22). The van der Waals surface area contributed by atoms with Crippen molar-refractivity contribution in [3.63, 3.8) is 0 Å². The molecule has 2 aromatic rings. The van der Waals surface area contributed by atoms with E-state index >= 15 is 0 Å². The van der Waals surface area contributed by atoms with Gasteiger partial charge in [-0.2, -0.15) is 5.10 Å². The second-order valence-corrected chi connectivity index (χ2v) is 6.11. The quantitative estimate of drug-likeness (QED) is 0.922. The summed E-state index contributed by atoms with van der Waals surface area (Å²) in [4.78, 5) is 28.5. The first-order valence-electron chi connectivity index (χ1n) is 7.88. The van der Waals surface area contributed by atoms with Gasteiger partial charge in [0, 0.05) is 18.8 Å². The van der Waals surface area contributed by atoms with Crippen LogP contribution in [-0.4, -0.2) is 31.3 Å². The number of rotatable bonds is 3.